The Balaban J connectivity index is 2.01. The van der Waals surface area contributed by atoms with Crippen LogP contribution in [0.2, 0.25) is 0 Å². The van der Waals surface area contributed by atoms with Crippen LogP contribution >= 0.6 is 0 Å². The summed E-state index contributed by atoms with van der Waals surface area (Å²) >= 11 is 0. The highest BCUT2D eigenvalue weighted by atomic mass is 19.1. The first-order valence-corrected chi connectivity index (χ1v) is 7.57. The van der Waals surface area contributed by atoms with Gasteiger partial charge >= 0.3 is 0 Å². The third-order valence-electron chi connectivity index (χ3n) is 3.48. The molecule has 1 aromatic heterocycles. The van der Waals surface area contributed by atoms with Gasteiger partial charge in [0.05, 0.1) is 11.7 Å². The molecule has 6 heteroatoms. The molecule has 0 saturated carbocycles. The summed E-state index contributed by atoms with van der Waals surface area (Å²) in [4.78, 5) is 27.5. The maximum atomic E-state index is 13.7. The molecule has 0 aliphatic heterocycles. The molecule has 0 spiro atoms. The van der Waals surface area contributed by atoms with Gasteiger partial charge in [-0.25, -0.2) is 4.39 Å². The molecule has 0 aliphatic carbocycles. The van der Waals surface area contributed by atoms with Gasteiger partial charge in [0.1, 0.15) is 11.6 Å². The molecule has 2 atom stereocenters. The maximum Gasteiger partial charge on any atom is 0.261 e. The number of nitrogens with zero attached hydrogens (tertiary/aromatic N) is 1. The first-order valence-electron chi connectivity index (χ1n) is 7.57. The molecule has 1 heterocycles. The Kier molecular flexibility index (Phi) is 5.63. The first-order chi connectivity index (χ1) is 11.4. The van der Waals surface area contributed by atoms with Crippen LogP contribution in [0.5, 0.6) is 5.75 Å². The van der Waals surface area contributed by atoms with Gasteiger partial charge in [0.2, 0.25) is 0 Å². The summed E-state index contributed by atoms with van der Waals surface area (Å²) in [5, 5.41) is 2.66. The lowest BCUT2D eigenvalue weighted by Gasteiger charge is -2.19. The van der Waals surface area contributed by atoms with Gasteiger partial charge < -0.3 is 10.1 Å². The maximum absolute atomic E-state index is 13.7. The quantitative estimate of drug-likeness (QED) is 0.827. The molecule has 0 bridgehead atoms. The largest absolute Gasteiger partial charge is 0.481 e. The van der Waals surface area contributed by atoms with E-state index in [0.29, 0.717) is 11.3 Å². The van der Waals surface area contributed by atoms with Crippen molar-refractivity contribution in [3.8, 4) is 5.75 Å². The monoisotopic (exact) mass is 330 g/mol. The summed E-state index contributed by atoms with van der Waals surface area (Å²) in [5.41, 5.74) is 0.667. The van der Waals surface area contributed by atoms with E-state index in [9.17, 15) is 14.0 Å². The Morgan fingerprint density at radius 2 is 1.96 bits per heavy atom. The lowest BCUT2D eigenvalue weighted by Crippen LogP contribution is -2.38. The minimum Gasteiger partial charge on any atom is -0.481 e. The number of rotatable bonds is 6. The van der Waals surface area contributed by atoms with Crippen LogP contribution in [0.25, 0.3) is 0 Å². The van der Waals surface area contributed by atoms with Crippen LogP contribution < -0.4 is 10.1 Å². The van der Waals surface area contributed by atoms with Crippen LogP contribution in [0.4, 0.5) is 4.39 Å². The van der Waals surface area contributed by atoms with Gasteiger partial charge in [-0.2, -0.15) is 0 Å². The number of ether oxygens (including phenoxy) is 1. The van der Waals surface area contributed by atoms with Crippen molar-refractivity contribution >= 4 is 11.7 Å². The number of carbonyl (C=O) groups excluding carboxylic acids is 2. The highest BCUT2D eigenvalue weighted by molar-refractivity contribution is 5.94. The zero-order valence-electron chi connectivity index (χ0n) is 13.7. The molecular formula is C18H19FN2O3. The van der Waals surface area contributed by atoms with Crippen molar-refractivity contribution in [1.82, 2.24) is 10.3 Å². The minimum atomic E-state index is -0.804. The number of amides is 1. The molecule has 2 rings (SSSR count). The second-order valence-corrected chi connectivity index (χ2v) is 5.44. The summed E-state index contributed by atoms with van der Waals surface area (Å²) in [6.07, 6.45) is 0.662. The van der Waals surface area contributed by atoms with Gasteiger partial charge in [-0.05, 0) is 45.0 Å². The van der Waals surface area contributed by atoms with Crippen LogP contribution in [0.1, 0.15) is 42.9 Å². The number of aromatic nitrogens is 1. The Morgan fingerprint density at radius 1 is 1.21 bits per heavy atom. The van der Waals surface area contributed by atoms with E-state index in [1.54, 1.807) is 38.1 Å². The summed E-state index contributed by atoms with van der Waals surface area (Å²) in [7, 11) is 0. The van der Waals surface area contributed by atoms with Gasteiger partial charge in [-0.15, -0.1) is 0 Å². The number of halogens is 1. The lowest BCUT2D eigenvalue weighted by atomic mass is 10.1. The summed E-state index contributed by atoms with van der Waals surface area (Å²) in [6, 6.07) is 8.79. The van der Waals surface area contributed by atoms with Crippen molar-refractivity contribution in [3.63, 3.8) is 0 Å². The summed E-state index contributed by atoms with van der Waals surface area (Å²) in [5.74, 6) is -0.548. The third kappa shape index (κ3) is 4.38. The zero-order valence-corrected chi connectivity index (χ0v) is 13.7. The second kappa shape index (κ2) is 7.68. The van der Waals surface area contributed by atoms with Crippen molar-refractivity contribution in [2.75, 3.05) is 0 Å². The fraction of sp³-hybridized carbons (Fsp3) is 0.278. The molecule has 24 heavy (non-hydrogen) atoms. The van der Waals surface area contributed by atoms with Gasteiger partial charge in [0.25, 0.3) is 5.91 Å². The number of nitrogens with one attached hydrogen (secondary N) is 1. The van der Waals surface area contributed by atoms with Crippen LogP contribution in [-0.4, -0.2) is 22.8 Å². The third-order valence-corrected chi connectivity index (χ3v) is 3.48. The predicted molar refractivity (Wildman–Crippen MR) is 87.3 cm³/mol. The number of benzene rings is 1. The normalized spacial score (nSPS) is 13.0. The number of hydrogen-bond donors (Lipinski definition) is 1. The van der Waals surface area contributed by atoms with E-state index >= 15 is 0 Å². The first kappa shape index (κ1) is 17.6. The number of pyridine rings is 1. The Bertz CT molecular complexity index is 749. The molecule has 0 saturated heterocycles. The van der Waals surface area contributed by atoms with E-state index in [0.717, 1.165) is 0 Å². The Hall–Kier alpha value is -2.76. The molecule has 0 radical (unpaired) electrons. The van der Waals surface area contributed by atoms with Crippen LogP contribution in [-0.2, 0) is 4.79 Å². The van der Waals surface area contributed by atoms with E-state index in [1.165, 1.54) is 25.3 Å². The van der Waals surface area contributed by atoms with Crippen molar-refractivity contribution in [2.24, 2.45) is 0 Å². The fourth-order valence-corrected chi connectivity index (χ4v) is 2.16. The number of ketones is 1. The van der Waals surface area contributed by atoms with Crippen LogP contribution in [0.3, 0.4) is 0 Å². The van der Waals surface area contributed by atoms with Crippen LogP contribution in [0, 0.1) is 5.82 Å². The molecule has 1 aromatic carbocycles. The minimum absolute atomic E-state index is 0.0863. The van der Waals surface area contributed by atoms with Crippen molar-refractivity contribution in [1.29, 1.82) is 0 Å². The molecule has 126 valence electrons. The Labute approximate surface area is 139 Å². The van der Waals surface area contributed by atoms with E-state index in [1.807, 2.05) is 0 Å². The molecule has 2 unspecified atom stereocenters. The molecule has 0 aliphatic rings. The summed E-state index contributed by atoms with van der Waals surface area (Å²) in [6.45, 7) is 4.68. The van der Waals surface area contributed by atoms with Crippen molar-refractivity contribution in [2.45, 2.75) is 32.9 Å². The van der Waals surface area contributed by atoms with Gasteiger partial charge in [0, 0.05) is 11.8 Å². The molecule has 1 N–H and O–H groups in total. The molecule has 5 nitrogen and oxygen atoms in total. The fourth-order valence-electron chi connectivity index (χ4n) is 2.16. The molecule has 2 aromatic rings. The van der Waals surface area contributed by atoms with E-state index < -0.39 is 23.9 Å². The van der Waals surface area contributed by atoms with Gasteiger partial charge in [0.15, 0.2) is 11.9 Å². The number of carbonyl (C=O) groups is 2. The van der Waals surface area contributed by atoms with Gasteiger partial charge in [-0.3, -0.25) is 14.6 Å². The van der Waals surface area contributed by atoms with E-state index in [4.69, 9.17) is 4.74 Å². The molecule has 0 fully saturated rings. The summed E-state index contributed by atoms with van der Waals surface area (Å²) < 4.78 is 19.2. The van der Waals surface area contributed by atoms with E-state index in [-0.39, 0.29) is 11.5 Å². The molecule has 1 amide bonds. The van der Waals surface area contributed by atoms with Crippen LogP contribution in [0.15, 0.2) is 42.6 Å². The lowest BCUT2D eigenvalue weighted by molar-refractivity contribution is -0.128. The number of Topliss-reactive ketones (excluding diaryl/α,β-unsaturated/α-hetero) is 1. The molecular weight excluding hydrogens is 311 g/mol. The SMILES string of the molecule is CC(=O)c1cccc(OC(C)C(=O)NC(C)c2ncccc2F)c1. The van der Waals surface area contributed by atoms with Crippen molar-refractivity contribution in [3.05, 3.63) is 59.7 Å². The highest BCUT2D eigenvalue weighted by Crippen LogP contribution is 2.17. The zero-order chi connectivity index (χ0) is 17.7. The second-order valence-electron chi connectivity index (χ2n) is 5.44. The predicted octanol–water partition coefficient (Wildman–Crippen LogP) is 3.07. The topological polar surface area (TPSA) is 68.3 Å². The number of hydrogen-bond acceptors (Lipinski definition) is 4. The van der Waals surface area contributed by atoms with Gasteiger partial charge in [-0.1, -0.05) is 12.1 Å². The average Bonchev–Trinajstić information content (AvgIpc) is 2.55. The highest BCUT2D eigenvalue weighted by Gasteiger charge is 2.20. The standard InChI is InChI=1S/C18H19FN2O3/c1-11(17-16(19)8-5-9-20-17)21-18(23)13(3)24-15-7-4-6-14(10-15)12(2)22/h4-11,13H,1-3H3,(H,21,23). The van der Waals surface area contributed by atoms with Crippen molar-refractivity contribution < 1.29 is 18.7 Å². The average molecular weight is 330 g/mol. The Morgan fingerprint density at radius 3 is 2.62 bits per heavy atom. The smallest absolute Gasteiger partial charge is 0.261 e. The van der Waals surface area contributed by atoms with E-state index in [2.05, 4.69) is 10.3 Å².